The molecule has 0 aliphatic heterocycles. The van der Waals surface area contributed by atoms with Gasteiger partial charge in [-0.2, -0.15) is 5.10 Å². The molecule has 0 spiro atoms. The molecule has 1 amide bonds. The van der Waals surface area contributed by atoms with E-state index in [4.69, 9.17) is 9.51 Å². The molecule has 1 aromatic carbocycles. The van der Waals surface area contributed by atoms with Crippen LogP contribution in [0.5, 0.6) is 0 Å². The first kappa shape index (κ1) is 18.5. The van der Waals surface area contributed by atoms with Gasteiger partial charge in [0.2, 0.25) is 5.88 Å². The first-order valence-corrected chi connectivity index (χ1v) is 10.2. The van der Waals surface area contributed by atoms with Crippen LogP contribution in [-0.4, -0.2) is 25.8 Å². The van der Waals surface area contributed by atoms with E-state index in [1.54, 1.807) is 10.7 Å². The monoisotopic (exact) mass is 401 g/mol. The van der Waals surface area contributed by atoms with E-state index in [0.717, 1.165) is 47.2 Å². The van der Waals surface area contributed by atoms with Gasteiger partial charge in [-0.15, -0.1) is 0 Å². The zero-order valence-corrected chi connectivity index (χ0v) is 17.3. The van der Waals surface area contributed by atoms with Gasteiger partial charge in [-0.3, -0.25) is 14.8 Å². The molecular weight excluding hydrogens is 378 g/mol. The number of hydrogen-bond acceptors (Lipinski definition) is 5. The Morgan fingerprint density at radius 2 is 2.00 bits per heavy atom. The molecule has 4 aromatic rings. The number of carbonyl (C=O) groups is 1. The number of benzene rings is 1. The first-order valence-electron chi connectivity index (χ1n) is 10.2. The van der Waals surface area contributed by atoms with Gasteiger partial charge in [-0.1, -0.05) is 36.3 Å². The molecule has 7 nitrogen and oxygen atoms in total. The average molecular weight is 401 g/mol. The molecule has 5 rings (SSSR count). The van der Waals surface area contributed by atoms with Gasteiger partial charge in [0.25, 0.3) is 5.91 Å². The lowest BCUT2D eigenvalue weighted by molar-refractivity contribution is 0.102. The quantitative estimate of drug-likeness (QED) is 0.527. The molecule has 1 aliphatic carbocycles. The fraction of sp³-hybridized carbons (Fsp3) is 0.304. The second-order valence-electron chi connectivity index (χ2n) is 7.86. The van der Waals surface area contributed by atoms with Crippen LogP contribution in [0, 0.1) is 6.92 Å². The van der Waals surface area contributed by atoms with Crippen molar-refractivity contribution in [3.05, 3.63) is 58.9 Å². The molecule has 7 heteroatoms. The average Bonchev–Trinajstić information content (AvgIpc) is 3.44. The van der Waals surface area contributed by atoms with Gasteiger partial charge in [-0.05, 0) is 37.8 Å². The number of pyridine rings is 1. The second kappa shape index (κ2) is 7.09. The number of aryl methyl sites for hydroxylation is 3. The Balaban J connectivity index is 1.46. The van der Waals surface area contributed by atoms with Crippen LogP contribution in [0.4, 0.5) is 5.88 Å². The van der Waals surface area contributed by atoms with E-state index in [2.05, 4.69) is 34.6 Å². The van der Waals surface area contributed by atoms with Crippen LogP contribution in [0.3, 0.4) is 0 Å². The Hall–Kier alpha value is -3.48. The minimum absolute atomic E-state index is 0.246. The number of nitrogens with one attached hydrogen (secondary N) is 1. The van der Waals surface area contributed by atoms with Crippen molar-refractivity contribution in [2.24, 2.45) is 7.05 Å². The number of hydrogen-bond donors (Lipinski definition) is 1. The van der Waals surface area contributed by atoms with Gasteiger partial charge in [0.05, 0.1) is 16.6 Å². The van der Waals surface area contributed by atoms with E-state index in [1.807, 2.05) is 32.2 Å². The molecule has 0 radical (unpaired) electrons. The van der Waals surface area contributed by atoms with Crippen LogP contribution in [-0.2, 0) is 13.5 Å². The van der Waals surface area contributed by atoms with Crippen LogP contribution < -0.4 is 5.32 Å². The van der Waals surface area contributed by atoms with Crippen molar-refractivity contribution in [1.29, 1.82) is 0 Å². The number of aromatic nitrogens is 4. The van der Waals surface area contributed by atoms with E-state index < -0.39 is 0 Å². The minimum Gasteiger partial charge on any atom is -0.338 e. The molecule has 3 heterocycles. The maximum atomic E-state index is 13.2. The molecule has 0 atom stereocenters. The smallest absolute Gasteiger partial charge is 0.258 e. The van der Waals surface area contributed by atoms with Gasteiger partial charge >= 0.3 is 0 Å². The molecule has 0 saturated heterocycles. The van der Waals surface area contributed by atoms with Gasteiger partial charge in [0, 0.05) is 30.3 Å². The summed E-state index contributed by atoms with van der Waals surface area (Å²) in [6, 6.07) is 11.8. The molecule has 30 heavy (non-hydrogen) atoms. The highest BCUT2D eigenvalue weighted by Crippen LogP contribution is 2.40. The third-order valence-electron chi connectivity index (χ3n) is 5.63. The maximum Gasteiger partial charge on any atom is 0.258 e. The van der Waals surface area contributed by atoms with Gasteiger partial charge in [0.1, 0.15) is 5.69 Å². The van der Waals surface area contributed by atoms with E-state index in [1.165, 1.54) is 5.56 Å². The second-order valence-corrected chi connectivity index (χ2v) is 7.86. The predicted molar refractivity (Wildman–Crippen MR) is 114 cm³/mol. The number of fused-ring (bicyclic) bond motifs is 1. The Kier molecular flexibility index (Phi) is 4.38. The van der Waals surface area contributed by atoms with Crippen LogP contribution in [0.2, 0.25) is 0 Å². The third-order valence-corrected chi connectivity index (χ3v) is 5.63. The number of carbonyl (C=O) groups excluding carboxylic acids is 1. The fourth-order valence-electron chi connectivity index (χ4n) is 3.79. The van der Waals surface area contributed by atoms with Gasteiger partial charge in [-0.25, -0.2) is 4.98 Å². The largest absolute Gasteiger partial charge is 0.338 e. The summed E-state index contributed by atoms with van der Waals surface area (Å²) >= 11 is 0. The Labute approximate surface area is 174 Å². The summed E-state index contributed by atoms with van der Waals surface area (Å²) in [5.41, 5.74) is 5.92. The number of rotatable bonds is 5. The van der Waals surface area contributed by atoms with Gasteiger partial charge in [0.15, 0.2) is 5.65 Å². The van der Waals surface area contributed by atoms with E-state index in [-0.39, 0.29) is 5.91 Å². The SMILES string of the molecule is CCc1ccc(-c2cc(NC(=O)c3cc(C4CC4)nc4c3c(C)nn4C)on2)cc1. The molecule has 0 unspecified atom stereocenters. The highest BCUT2D eigenvalue weighted by atomic mass is 16.5. The minimum atomic E-state index is -0.246. The van der Waals surface area contributed by atoms with Crippen molar-refractivity contribution < 1.29 is 9.32 Å². The van der Waals surface area contributed by atoms with Gasteiger partial charge < -0.3 is 4.52 Å². The number of anilines is 1. The standard InChI is InChI=1S/C23H23N5O2/c1-4-14-5-7-16(8-6-14)19-12-20(30-27-19)25-23(29)17-11-18(15-9-10-15)24-22-21(17)13(2)26-28(22)3/h5-8,11-12,15H,4,9-10H2,1-3H3,(H,25,29). The summed E-state index contributed by atoms with van der Waals surface area (Å²) in [5, 5.41) is 12.2. The third kappa shape index (κ3) is 3.26. The zero-order chi connectivity index (χ0) is 20.8. The van der Waals surface area contributed by atoms with Crippen molar-refractivity contribution in [2.45, 2.75) is 39.0 Å². The normalized spacial score (nSPS) is 13.7. The fourth-order valence-corrected chi connectivity index (χ4v) is 3.79. The highest BCUT2D eigenvalue weighted by molar-refractivity contribution is 6.12. The molecule has 1 aliphatic rings. The lowest BCUT2D eigenvalue weighted by atomic mass is 10.1. The van der Waals surface area contributed by atoms with E-state index in [9.17, 15) is 4.79 Å². The summed E-state index contributed by atoms with van der Waals surface area (Å²) in [6.07, 6.45) is 3.20. The lowest BCUT2D eigenvalue weighted by Crippen LogP contribution is -2.13. The van der Waals surface area contributed by atoms with Crippen LogP contribution in [0.15, 0.2) is 40.9 Å². The lowest BCUT2D eigenvalue weighted by Gasteiger charge is -2.07. The summed E-state index contributed by atoms with van der Waals surface area (Å²) in [4.78, 5) is 17.9. The van der Waals surface area contributed by atoms with E-state index in [0.29, 0.717) is 23.1 Å². The van der Waals surface area contributed by atoms with Crippen molar-refractivity contribution in [2.75, 3.05) is 5.32 Å². The Morgan fingerprint density at radius 1 is 1.23 bits per heavy atom. The summed E-state index contributed by atoms with van der Waals surface area (Å²) in [7, 11) is 1.85. The van der Waals surface area contributed by atoms with Crippen molar-refractivity contribution >= 4 is 22.8 Å². The molecular formula is C23H23N5O2. The zero-order valence-electron chi connectivity index (χ0n) is 17.3. The molecule has 0 bridgehead atoms. The Morgan fingerprint density at radius 3 is 2.70 bits per heavy atom. The van der Waals surface area contributed by atoms with Crippen LogP contribution in [0.25, 0.3) is 22.3 Å². The van der Waals surface area contributed by atoms with E-state index >= 15 is 0 Å². The Bertz CT molecular complexity index is 1250. The molecule has 3 aromatic heterocycles. The summed E-state index contributed by atoms with van der Waals surface area (Å²) < 4.78 is 7.12. The summed E-state index contributed by atoms with van der Waals surface area (Å²) in [5.74, 6) is 0.498. The van der Waals surface area contributed by atoms with Crippen molar-refractivity contribution in [3.8, 4) is 11.3 Å². The predicted octanol–water partition coefficient (Wildman–Crippen LogP) is 4.62. The topological polar surface area (TPSA) is 85.8 Å². The molecule has 1 N–H and O–H groups in total. The van der Waals surface area contributed by atoms with Crippen molar-refractivity contribution in [3.63, 3.8) is 0 Å². The number of amides is 1. The maximum absolute atomic E-state index is 13.2. The number of nitrogens with zero attached hydrogens (tertiary/aromatic N) is 4. The molecule has 1 fully saturated rings. The molecule has 152 valence electrons. The highest BCUT2D eigenvalue weighted by Gasteiger charge is 2.28. The first-order chi connectivity index (χ1) is 14.5. The van der Waals surface area contributed by atoms with Crippen LogP contribution >= 0.6 is 0 Å². The van der Waals surface area contributed by atoms with Crippen molar-refractivity contribution in [1.82, 2.24) is 19.9 Å². The van der Waals surface area contributed by atoms with Crippen LogP contribution in [0.1, 0.15) is 53.0 Å². The molecule has 1 saturated carbocycles. The summed E-state index contributed by atoms with van der Waals surface area (Å²) in [6.45, 7) is 4.01.